The summed E-state index contributed by atoms with van der Waals surface area (Å²) in [7, 11) is 0. The first kappa shape index (κ1) is 11.5. The fourth-order valence-corrected chi connectivity index (χ4v) is 4.24. The van der Waals surface area contributed by atoms with Crippen molar-refractivity contribution < 1.29 is 9.84 Å². The van der Waals surface area contributed by atoms with Gasteiger partial charge in [-0.3, -0.25) is 0 Å². The van der Waals surface area contributed by atoms with E-state index in [1.165, 1.54) is 24.0 Å². The van der Waals surface area contributed by atoms with Gasteiger partial charge in [0.2, 0.25) is 0 Å². The standard InChI is InChI=1S/C15H22O2/c1-9(2)13-8-14-11(4)5-6-12(14)10(3)7-15(13,16)17-14/h11-12,16H,3,5-8H2,1-2,4H3. The van der Waals surface area contributed by atoms with E-state index in [0.29, 0.717) is 18.3 Å². The van der Waals surface area contributed by atoms with Crippen LogP contribution in [0, 0.1) is 11.8 Å². The lowest BCUT2D eigenvalue weighted by molar-refractivity contribution is -0.242. The molecule has 0 radical (unpaired) electrons. The Kier molecular flexibility index (Phi) is 2.19. The van der Waals surface area contributed by atoms with Crippen molar-refractivity contribution in [2.75, 3.05) is 0 Å². The van der Waals surface area contributed by atoms with E-state index in [4.69, 9.17) is 4.74 Å². The van der Waals surface area contributed by atoms with Crippen molar-refractivity contribution in [1.29, 1.82) is 0 Å². The van der Waals surface area contributed by atoms with Gasteiger partial charge in [-0.15, -0.1) is 0 Å². The minimum Gasteiger partial charge on any atom is -0.362 e. The molecule has 3 aliphatic rings. The summed E-state index contributed by atoms with van der Waals surface area (Å²) in [5.41, 5.74) is 3.35. The van der Waals surface area contributed by atoms with Crippen LogP contribution in [0.15, 0.2) is 23.3 Å². The number of aliphatic hydroxyl groups is 1. The molecule has 0 aromatic heterocycles. The maximum atomic E-state index is 10.7. The molecule has 1 aliphatic carbocycles. The van der Waals surface area contributed by atoms with Crippen molar-refractivity contribution in [3.8, 4) is 0 Å². The van der Waals surface area contributed by atoms with Gasteiger partial charge < -0.3 is 9.84 Å². The summed E-state index contributed by atoms with van der Waals surface area (Å²) >= 11 is 0. The second-order valence-electron chi connectivity index (χ2n) is 6.36. The molecule has 2 saturated heterocycles. The summed E-state index contributed by atoms with van der Waals surface area (Å²) in [6.07, 6.45) is 3.85. The van der Waals surface area contributed by atoms with Gasteiger partial charge in [0.25, 0.3) is 0 Å². The zero-order valence-corrected chi connectivity index (χ0v) is 11.0. The summed E-state index contributed by atoms with van der Waals surface area (Å²) in [6, 6.07) is 0. The number of ether oxygens (including phenoxy) is 1. The summed E-state index contributed by atoms with van der Waals surface area (Å²) in [6.45, 7) is 10.6. The average molecular weight is 234 g/mol. The molecule has 1 spiro atoms. The third kappa shape index (κ3) is 1.28. The smallest absolute Gasteiger partial charge is 0.193 e. The second-order valence-corrected chi connectivity index (χ2v) is 6.36. The number of hydrogen-bond acceptors (Lipinski definition) is 2. The molecule has 1 saturated carbocycles. The molecule has 2 aliphatic heterocycles. The fraction of sp³-hybridized carbons (Fsp3) is 0.733. The van der Waals surface area contributed by atoms with Crippen molar-refractivity contribution in [2.45, 2.75) is 57.8 Å². The van der Waals surface area contributed by atoms with Crippen molar-refractivity contribution in [1.82, 2.24) is 0 Å². The summed E-state index contributed by atoms with van der Waals surface area (Å²) in [5.74, 6) is -0.0760. The van der Waals surface area contributed by atoms with Gasteiger partial charge in [-0.05, 0) is 38.2 Å². The van der Waals surface area contributed by atoms with E-state index in [1.807, 2.05) is 0 Å². The number of hydrogen-bond donors (Lipinski definition) is 1. The average Bonchev–Trinajstić information content (AvgIpc) is 2.65. The molecule has 0 aromatic carbocycles. The summed E-state index contributed by atoms with van der Waals surface area (Å²) in [5, 5.41) is 10.7. The first-order valence-electron chi connectivity index (χ1n) is 6.66. The highest BCUT2D eigenvalue weighted by Crippen LogP contribution is 2.62. The predicted molar refractivity (Wildman–Crippen MR) is 67.4 cm³/mol. The van der Waals surface area contributed by atoms with Crippen molar-refractivity contribution in [2.24, 2.45) is 11.8 Å². The molecule has 0 aromatic rings. The molecule has 17 heavy (non-hydrogen) atoms. The first-order valence-corrected chi connectivity index (χ1v) is 6.66. The zero-order chi connectivity index (χ0) is 12.4. The highest BCUT2D eigenvalue weighted by atomic mass is 16.6. The molecule has 4 atom stereocenters. The Labute approximate surface area is 103 Å². The third-order valence-electron chi connectivity index (χ3n) is 5.16. The zero-order valence-electron chi connectivity index (χ0n) is 11.0. The Morgan fingerprint density at radius 3 is 2.71 bits per heavy atom. The van der Waals surface area contributed by atoms with Crippen LogP contribution in [0.4, 0.5) is 0 Å². The molecule has 1 N–H and O–H groups in total. The molecule has 2 heterocycles. The molecule has 0 amide bonds. The normalized spacial score (nSPS) is 48.5. The topological polar surface area (TPSA) is 29.5 Å². The van der Waals surface area contributed by atoms with E-state index >= 15 is 0 Å². The highest BCUT2D eigenvalue weighted by molar-refractivity contribution is 5.36. The van der Waals surface area contributed by atoms with Crippen LogP contribution in [0.25, 0.3) is 0 Å². The molecule has 3 fully saturated rings. The second kappa shape index (κ2) is 3.24. The molecular weight excluding hydrogens is 212 g/mol. The van der Waals surface area contributed by atoms with Crippen molar-refractivity contribution >= 4 is 0 Å². The predicted octanol–water partition coefficient (Wildman–Crippen LogP) is 3.18. The lowest BCUT2D eigenvalue weighted by Gasteiger charge is -2.42. The Bertz CT molecular complexity index is 419. The highest BCUT2D eigenvalue weighted by Gasteiger charge is 2.64. The number of rotatable bonds is 0. The molecule has 2 bridgehead atoms. The summed E-state index contributed by atoms with van der Waals surface area (Å²) in [4.78, 5) is 0. The van der Waals surface area contributed by atoms with Crippen LogP contribution in [0.3, 0.4) is 0 Å². The maximum Gasteiger partial charge on any atom is 0.193 e. The van der Waals surface area contributed by atoms with Gasteiger partial charge in [-0.25, -0.2) is 0 Å². The van der Waals surface area contributed by atoms with Crippen LogP contribution >= 0.6 is 0 Å². The lowest BCUT2D eigenvalue weighted by Crippen LogP contribution is -2.47. The molecule has 2 nitrogen and oxygen atoms in total. The van der Waals surface area contributed by atoms with Crippen LogP contribution in [0.5, 0.6) is 0 Å². The first-order chi connectivity index (χ1) is 7.89. The minimum atomic E-state index is -1.05. The Balaban J connectivity index is 2.14. The third-order valence-corrected chi connectivity index (χ3v) is 5.16. The Hall–Kier alpha value is -0.600. The largest absolute Gasteiger partial charge is 0.362 e. The number of fused-ring (bicyclic) bond motifs is 1. The SMILES string of the molecule is C=C1CC2(O)OC3(CC2=C(C)C)C(C)CCC13. The van der Waals surface area contributed by atoms with E-state index in [0.717, 1.165) is 12.0 Å². The molecule has 4 unspecified atom stereocenters. The lowest BCUT2D eigenvalue weighted by atomic mass is 9.78. The van der Waals surface area contributed by atoms with E-state index in [9.17, 15) is 5.11 Å². The Morgan fingerprint density at radius 2 is 2.06 bits per heavy atom. The fourth-order valence-electron chi connectivity index (χ4n) is 4.24. The van der Waals surface area contributed by atoms with E-state index < -0.39 is 5.79 Å². The minimum absolute atomic E-state index is 0.156. The van der Waals surface area contributed by atoms with Crippen LogP contribution < -0.4 is 0 Å². The van der Waals surface area contributed by atoms with Gasteiger partial charge in [-0.2, -0.15) is 0 Å². The van der Waals surface area contributed by atoms with Gasteiger partial charge in [0.05, 0.1) is 5.60 Å². The monoisotopic (exact) mass is 234 g/mol. The van der Waals surface area contributed by atoms with Crippen molar-refractivity contribution in [3.05, 3.63) is 23.3 Å². The van der Waals surface area contributed by atoms with Crippen LogP contribution in [-0.4, -0.2) is 16.5 Å². The molecule has 94 valence electrons. The van der Waals surface area contributed by atoms with Crippen LogP contribution in [0.2, 0.25) is 0 Å². The van der Waals surface area contributed by atoms with Gasteiger partial charge in [0.15, 0.2) is 5.79 Å². The quantitative estimate of drug-likeness (QED) is 0.652. The van der Waals surface area contributed by atoms with Crippen molar-refractivity contribution in [3.63, 3.8) is 0 Å². The van der Waals surface area contributed by atoms with Crippen LogP contribution in [0.1, 0.15) is 46.5 Å². The molecule has 3 rings (SSSR count). The van der Waals surface area contributed by atoms with Gasteiger partial charge in [0.1, 0.15) is 0 Å². The molecular formula is C15H22O2. The maximum absolute atomic E-state index is 10.7. The Morgan fingerprint density at radius 1 is 1.35 bits per heavy atom. The van der Waals surface area contributed by atoms with Gasteiger partial charge in [0, 0.05) is 18.8 Å². The van der Waals surface area contributed by atoms with Gasteiger partial charge in [-0.1, -0.05) is 24.6 Å². The number of allylic oxidation sites excluding steroid dienone is 1. The summed E-state index contributed by atoms with van der Waals surface area (Å²) < 4.78 is 6.19. The van der Waals surface area contributed by atoms with E-state index in [1.54, 1.807) is 0 Å². The van der Waals surface area contributed by atoms with E-state index in [-0.39, 0.29) is 5.60 Å². The van der Waals surface area contributed by atoms with E-state index in [2.05, 4.69) is 27.4 Å². The van der Waals surface area contributed by atoms with Crippen LogP contribution in [-0.2, 0) is 4.74 Å². The van der Waals surface area contributed by atoms with Gasteiger partial charge >= 0.3 is 0 Å². The molecule has 2 heteroatoms.